The number of nitrogens with zero attached hydrogens (tertiary/aromatic N) is 1. The van der Waals surface area contributed by atoms with Crippen molar-refractivity contribution in [2.75, 3.05) is 11.9 Å². The van der Waals surface area contributed by atoms with Gasteiger partial charge in [-0.15, -0.1) is 0 Å². The van der Waals surface area contributed by atoms with E-state index in [9.17, 15) is 4.79 Å². The molecule has 1 aromatic carbocycles. The standard InChI is InChI=1S/C18H26N2O/c1-13-6-5-8-15(12-13)20(2)18(21)17-11-10-14-7-3-4-9-16(14)19-17/h5-6,8,12,14,16-17,19H,3-4,7,9-11H2,1-2H3. The average molecular weight is 286 g/mol. The van der Waals surface area contributed by atoms with Gasteiger partial charge in [0.05, 0.1) is 6.04 Å². The molecule has 2 fully saturated rings. The zero-order valence-electron chi connectivity index (χ0n) is 13.1. The van der Waals surface area contributed by atoms with Crippen molar-refractivity contribution in [2.24, 2.45) is 5.92 Å². The van der Waals surface area contributed by atoms with Gasteiger partial charge in [-0.25, -0.2) is 0 Å². The van der Waals surface area contributed by atoms with E-state index < -0.39 is 0 Å². The van der Waals surface area contributed by atoms with Crippen molar-refractivity contribution in [2.45, 2.75) is 57.5 Å². The fraction of sp³-hybridized carbons (Fsp3) is 0.611. The van der Waals surface area contributed by atoms with Crippen LogP contribution in [-0.2, 0) is 4.79 Å². The molecule has 1 aliphatic carbocycles. The van der Waals surface area contributed by atoms with Crippen molar-refractivity contribution in [3.05, 3.63) is 29.8 Å². The number of anilines is 1. The Labute approximate surface area is 127 Å². The Kier molecular flexibility index (Phi) is 4.29. The third-order valence-electron chi connectivity index (χ3n) is 5.17. The number of piperidine rings is 1. The van der Waals surface area contributed by atoms with Crippen LogP contribution in [-0.4, -0.2) is 25.0 Å². The first-order valence-corrected chi connectivity index (χ1v) is 8.25. The second-order valence-electron chi connectivity index (χ2n) is 6.68. The number of rotatable bonds is 2. The molecular formula is C18H26N2O. The summed E-state index contributed by atoms with van der Waals surface area (Å²) < 4.78 is 0. The Balaban J connectivity index is 1.67. The summed E-state index contributed by atoms with van der Waals surface area (Å²) >= 11 is 0. The molecule has 3 nitrogen and oxygen atoms in total. The van der Waals surface area contributed by atoms with Crippen LogP contribution >= 0.6 is 0 Å². The number of benzene rings is 1. The summed E-state index contributed by atoms with van der Waals surface area (Å²) in [6.07, 6.45) is 7.44. The van der Waals surface area contributed by atoms with E-state index in [2.05, 4.69) is 24.4 Å². The summed E-state index contributed by atoms with van der Waals surface area (Å²) in [5, 5.41) is 3.63. The maximum absolute atomic E-state index is 12.7. The Morgan fingerprint density at radius 2 is 2.00 bits per heavy atom. The Morgan fingerprint density at radius 3 is 2.81 bits per heavy atom. The number of carbonyl (C=O) groups excluding carboxylic acids is 1. The van der Waals surface area contributed by atoms with E-state index in [-0.39, 0.29) is 11.9 Å². The minimum absolute atomic E-state index is 0.00476. The van der Waals surface area contributed by atoms with Crippen molar-refractivity contribution in [3.8, 4) is 0 Å². The molecule has 3 atom stereocenters. The summed E-state index contributed by atoms with van der Waals surface area (Å²) in [6.45, 7) is 2.06. The number of likely N-dealkylation sites (N-methyl/N-ethyl adjacent to an activating group) is 1. The third kappa shape index (κ3) is 3.13. The van der Waals surface area contributed by atoms with Crippen LogP contribution in [0.2, 0.25) is 0 Å². The van der Waals surface area contributed by atoms with E-state index in [0.717, 1.165) is 18.0 Å². The van der Waals surface area contributed by atoms with Gasteiger partial charge in [-0.3, -0.25) is 4.79 Å². The fourth-order valence-corrected chi connectivity index (χ4v) is 3.89. The van der Waals surface area contributed by atoms with E-state index in [4.69, 9.17) is 0 Å². The van der Waals surface area contributed by atoms with Crippen LogP contribution < -0.4 is 10.2 Å². The fourth-order valence-electron chi connectivity index (χ4n) is 3.89. The van der Waals surface area contributed by atoms with Crippen LogP contribution in [0.4, 0.5) is 5.69 Å². The molecule has 1 N–H and O–H groups in total. The van der Waals surface area contributed by atoms with Crippen LogP contribution in [0.3, 0.4) is 0 Å². The molecule has 3 unspecified atom stereocenters. The summed E-state index contributed by atoms with van der Waals surface area (Å²) in [7, 11) is 1.89. The summed E-state index contributed by atoms with van der Waals surface area (Å²) in [5.41, 5.74) is 2.18. The lowest BCUT2D eigenvalue weighted by molar-refractivity contribution is -0.121. The second kappa shape index (κ2) is 6.18. The van der Waals surface area contributed by atoms with Gasteiger partial charge in [-0.05, 0) is 56.2 Å². The van der Waals surface area contributed by atoms with Gasteiger partial charge >= 0.3 is 0 Å². The molecule has 1 saturated heterocycles. The average Bonchev–Trinajstić information content (AvgIpc) is 2.53. The maximum Gasteiger partial charge on any atom is 0.243 e. The Morgan fingerprint density at radius 1 is 1.19 bits per heavy atom. The minimum Gasteiger partial charge on any atom is -0.314 e. The van der Waals surface area contributed by atoms with Crippen molar-refractivity contribution >= 4 is 11.6 Å². The van der Waals surface area contributed by atoms with E-state index >= 15 is 0 Å². The lowest BCUT2D eigenvalue weighted by Crippen LogP contribution is -2.55. The zero-order chi connectivity index (χ0) is 14.8. The lowest BCUT2D eigenvalue weighted by atomic mass is 9.77. The Hall–Kier alpha value is -1.35. The zero-order valence-corrected chi connectivity index (χ0v) is 13.1. The highest BCUT2D eigenvalue weighted by molar-refractivity contribution is 5.96. The van der Waals surface area contributed by atoms with Gasteiger partial charge in [0.25, 0.3) is 0 Å². The van der Waals surface area contributed by atoms with Gasteiger partial charge in [0.2, 0.25) is 5.91 Å². The van der Waals surface area contributed by atoms with Crippen molar-refractivity contribution in [1.29, 1.82) is 0 Å². The first-order chi connectivity index (χ1) is 10.1. The van der Waals surface area contributed by atoms with Gasteiger partial charge in [0.1, 0.15) is 0 Å². The van der Waals surface area contributed by atoms with Crippen molar-refractivity contribution in [1.82, 2.24) is 5.32 Å². The molecule has 1 heterocycles. The molecule has 2 aliphatic rings. The van der Waals surface area contributed by atoms with Gasteiger partial charge < -0.3 is 10.2 Å². The molecule has 1 saturated carbocycles. The molecular weight excluding hydrogens is 260 g/mol. The van der Waals surface area contributed by atoms with E-state index in [1.165, 1.54) is 37.7 Å². The number of fused-ring (bicyclic) bond motifs is 1. The SMILES string of the molecule is Cc1cccc(N(C)C(=O)C2CCC3CCCCC3N2)c1. The molecule has 1 amide bonds. The van der Waals surface area contributed by atoms with Crippen LogP contribution in [0.25, 0.3) is 0 Å². The van der Waals surface area contributed by atoms with Gasteiger partial charge in [0, 0.05) is 18.8 Å². The maximum atomic E-state index is 12.7. The first-order valence-electron chi connectivity index (χ1n) is 8.25. The van der Waals surface area contributed by atoms with Gasteiger partial charge in [-0.1, -0.05) is 25.0 Å². The number of hydrogen-bond donors (Lipinski definition) is 1. The summed E-state index contributed by atoms with van der Waals surface area (Å²) in [4.78, 5) is 14.6. The normalized spacial score (nSPS) is 28.8. The number of aryl methyl sites for hydroxylation is 1. The molecule has 1 aliphatic heterocycles. The smallest absolute Gasteiger partial charge is 0.243 e. The van der Waals surface area contributed by atoms with E-state index in [0.29, 0.717) is 6.04 Å². The number of carbonyl (C=O) groups is 1. The molecule has 3 rings (SSSR count). The topological polar surface area (TPSA) is 32.3 Å². The second-order valence-corrected chi connectivity index (χ2v) is 6.68. The van der Waals surface area contributed by atoms with Crippen molar-refractivity contribution < 1.29 is 4.79 Å². The highest BCUT2D eigenvalue weighted by atomic mass is 16.2. The number of nitrogens with one attached hydrogen (secondary N) is 1. The van der Waals surface area contributed by atoms with Crippen LogP contribution in [0.5, 0.6) is 0 Å². The predicted molar refractivity (Wildman–Crippen MR) is 86.5 cm³/mol. The quantitative estimate of drug-likeness (QED) is 0.905. The molecule has 0 aromatic heterocycles. The van der Waals surface area contributed by atoms with Crippen molar-refractivity contribution in [3.63, 3.8) is 0 Å². The summed E-state index contributed by atoms with van der Waals surface area (Å²) in [6, 6.07) is 8.72. The monoisotopic (exact) mass is 286 g/mol. The van der Waals surface area contributed by atoms with Crippen LogP contribution in [0.1, 0.15) is 44.1 Å². The van der Waals surface area contributed by atoms with E-state index in [1.54, 1.807) is 0 Å². The molecule has 114 valence electrons. The molecule has 1 aromatic rings. The summed E-state index contributed by atoms with van der Waals surface area (Å²) in [5.74, 6) is 1.01. The molecule has 3 heteroatoms. The van der Waals surface area contributed by atoms with Crippen LogP contribution in [0.15, 0.2) is 24.3 Å². The predicted octanol–water partition coefficient (Wildman–Crippen LogP) is 3.27. The first kappa shape index (κ1) is 14.6. The Bertz CT molecular complexity index is 514. The molecule has 0 bridgehead atoms. The minimum atomic E-state index is -0.00476. The molecule has 0 spiro atoms. The molecule has 0 radical (unpaired) electrons. The largest absolute Gasteiger partial charge is 0.314 e. The van der Waals surface area contributed by atoms with E-state index in [1.807, 2.05) is 24.1 Å². The molecule has 21 heavy (non-hydrogen) atoms. The number of amides is 1. The van der Waals surface area contributed by atoms with Gasteiger partial charge in [-0.2, -0.15) is 0 Å². The van der Waals surface area contributed by atoms with Crippen LogP contribution in [0, 0.1) is 12.8 Å². The third-order valence-corrected chi connectivity index (χ3v) is 5.17. The number of hydrogen-bond acceptors (Lipinski definition) is 2. The van der Waals surface area contributed by atoms with Gasteiger partial charge in [0.15, 0.2) is 0 Å². The highest BCUT2D eigenvalue weighted by Gasteiger charge is 2.35. The highest BCUT2D eigenvalue weighted by Crippen LogP contribution is 2.32. The lowest BCUT2D eigenvalue weighted by Gasteiger charge is -2.40.